The summed E-state index contributed by atoms with van der Waals surface area (Å²) in [4.78, 5) is 12.6. The second-order valence-corrected chi connectivity index (χ2v) is 4.54. The summed E-state index contributed by atoms with van der Waals surface area (Å²) in [5, 5.41) is 8.27. The normalized spacial score (nSPS) is 10.5. The molecular formula is C15H13N5O. The van der Waals surface area contributed by atoms with Crippen LogP contribution in [0.1, 0.15) is 11.4 Å². The predicted octanol–water partition coefficient (Wildman–Crippen LogP) is 2.41. The van der Waals surface area contributed by atoms with Crippen molar-refractivity contribution in [2.45, 2.75) is 6.92 Å². The minimum Gasteiger partial charge on any atom is -0.435 e. The molecule has 0 aliphatic carbocycles. The fourth-order valence-electron chi connectivity index (χ4n) is 1.92. The molecule has 2 aromatic heterocycles. The highest BCUT2D eigenvalue weighted by atomic mass is 16.5. The van der Waals surface area contributed by atoms with Gasteiger partial charge in [-0.1, -0.05) is 18.2 Å². The molecule has 0 saturated carbocycles. The number of benzene rings is 1. The average molecular weight is 279 g/mol. The third kappa shape index (κ3) is 2.64. The van der Waals surface area contributed by atoms with Crippen LogP contribution in [0.15, 0.2) is 42.7 Å². The van der Waals surface area contributed by atoms with Crippen LogP contribution in [0.2, 0.25) is 0 Å². The van der Waals surface area contributed by atoms with Crippen LogP contribution >= 0.6 is 0 Å². The van der Waals surface area contributed by atoms with Gasteiger partial charge in [-0.25, -0.2) is 15.0 Å². The van der Waals surface area contributed by atoms with E-state index in [-0.39, 0.29) is 5.84 Å². The molecule has 3 aromatic rings. The summed E-state index contributed by atoms with van der Waals surface area (Å²) in [5.74, 6) is 0.813. The van der Waals surface area contributed by atoms with E-state index in [9.17, 15) is 0 Å². The van der Waals surface area contributed by atoms with E-state index in [1.807, 2.05) is 37.3 Å². The van der Waals surface area contributed by atoms with E-state index < -0.39 is 0 Å². The zero-order chi connectivity index (χ0) is 14.8. The third-order valence-corrected chi connectivity index (χ3v) is 2.94. The van der Waals surface area contributed by atoms with Gasteiger partial charge in [-0.15, -0.1) is 0 Å². The van der Waals surface area contributed by atoms with Crippen LogP contribution < -0.4 is 10.5 Å². The molecule has 104 valence electrons. The molecule has 0 aliphatic heterocycles. The number of hydrogen-bond donors (Lipinski definition) is 2. The molecule has 0 radical (unpaired) electrons. The van der Waals surface area contributed by atoms with E-state index in [2.05, 4.69) is 15.0 Å². The van der Waals surface area contributed by atoms with E-state index in [1.165, 1.54) is 12.4 Å². The number of aromatic nitrogens is 3. The van der Waals surface area contributed by atoms with E-state index in [0.29, 0.717) is 17.3 Å². The van der Waals surface area contributed by atoms with Crippen LogP contribution in [0.4, 0.5) is 0 Å². The number of nitrogens with one attached hydrogen (secondary N) is 1. The van der Waals surface area contributed by atoms with Gasteiger partial charge in [-0.3, -0.25) is 5.41 Å². The second kappa shape index (κ2) is 5.16. The van der Waals surface area contributed by atoms with E-state index >= 15 is 0 Å². The largest absolute Gasteiger partial charge is 0.435 e. The number of aryl methyl sites for hydroxylation is 1. The first-order chi connectivity index (χ1) is 10.1. The fraction of sp³-hybridized carbons (Fsp3) is 0.0667. The first kappa shape index (κ1) is 13.0. The quantitative estimate of drug-likeness (QED) is 0.566. The number of amidine groups is 1. The monoisotopic (exact) mass is 279 g/mol. The Hall–Kier alpha value is -3.02. The van der Waals surface area contributed by atoms with Crippen molar-refractivity contribution in [3.63, 3.8) is 0 Å². The number of ether oxygens (including phenoxy) is 1. The van der Waals surface area contributed by atoms with E-state index in [4.69, 9.17) is 15.9 Å². The number of pyridine rings is 1. The molecule has 0 atom stereocenters. The standard InChI is InChI=1S/C15H13N5O/c1-9-5-6-10-3-2-4-12(14(10)20-9)21-13-8-18-11(7-19-13)15(16)17/h2-8H,1H3,(H3,16,17). The molecule has 1 aromatic carbocycles. The van der Waals surface area contributed by atoms with Crippen molar-refractivity contribution < 1.29 is 4.74 Å². The Morgan fingerprint density at radius 3 is 2.71 bits per heavy atom. The molecule has 3 N–H and O–H groups in total. The summed E-state index contributed by atoms with van der Waals surface area (Å²) in [5.41, 5.74) is 7.34. The van der Waals surface area contributed by atoms with Crippen LogP contribution in [0, 0.1) is 12.3 Å². The molecule has 0 unspecified atom stereocenters. The Morgan fingerprint density at radius 1 is 1.14 bits per heavy atom. The lowest BCUT2D eigenvalue weighted by Crippen LogP contribution is -2.13. The number of nitrogens with two attached hydrogens (primary N) is 1. The molecule has 2 heterocycles. The number of rotatable bonds is 3. The van der Waals surface area contributed by atoms with E-state index in [0.717, 1.165) is 16.6 Å². The number of hydrogen-bond acceptors (Lipinski definition) is 5. The minimum absolute atomic E-state index is 0.128. The van der Waals surface area contributed by atoms with Gasteiger partial charge in [0.25, 0.3) is 0 Å². The lowest BCUT2D eigenvalue weighted by atomic mass is 10.2. The van der Waals surface area contributed by atoms with Crippen molar-refractivity contribution in [1.82, 2.24) is 15.0 Å². The zero-order valence-electron chi connectivity index (χ0n) is 11.4. The van der Waals surface area contributed by atoms with Gasteiger partial charge in [0.15, 0.2) is 5.75 Å². The maximum Gasteiger partial charge on any atom is 0.237 e. The van der Waals surface area contributed by atoms with Crippen molar-refractivity contribution in [3.8, 4) is 11.6 Å². The number of fused-ring (bicyclic) bond motifs is 1. The van der Waals surface area contributed by atoms with Crippen LogP contribution in [-0.2, 0) is 0 Å². The Morgan fingerprint density at radius 2 is 2.00 bits per heavy atom. The second-order valence-electron chi connectivity index (χ2n) is 4.54. The number of nitrogen functional groups attached to an aromatic ring is 1. The van der Waals surface area contributed by atoms with Crippen LogP contribution in [0.5, 0.6) is 11.6 Å². The minimum atomic E-state index is -0.128. The molecular weight excluding hydrogens is 266 g/mol. The van der Waals surface area contributed by atoms with Gasteiger partial charge in [0.2, 0.25) is 5.88 Å². The molecule has 21 heavy (non-hydrogen) atoms. The highest BCUT2D eigenvalue weighted by molar-refractivity contribution is 5.92. The lowest BCUT2D eigenvalue weighted by molar-refractivity contribution is 0.464. The zero-order valence-corrected chi connectivity index (χ0v) is 11.4. The molecule has 3 rings (SSSR count). The smallest absolute Gasteiger partial charge is 0.237 e. The first-order valence-electron chi connectivity index (χ1n) is 6.34. The molecule has 0 amide bonds. The molecule has 0 bridgehead atoms. The van der Waals surface area contributed by atoms with Gasteiger partial charge in [0.05, 0.1) is 12.4 Å². The Labute approximate surface area is 121 Å². The molecule has 6 nitrogen and oxygen atoms in total. The summed E-state index contributed by atoms with van der Waals surface area (Å²) in [6.07, 6.45) is 2.84. The molecule has 0 saturated heterocycles. The van der Waals surface area contributed by atoms with Crippen LogP contribution in [0.25, 0.3) is 10.9 Å². The molecule has 6 heteroatoms. The summed E-state index contributed by atoms with van der Waals surface area (Å²) in [7, 11) is 0. The molecule has 0 fully saturated rings. The number of nitrogens with zero attached hydrogens (tertiary/aromatic N) is 3. The topological polar surface area (TPSA) is 97.8 Å². The highest BCUT2D eigenvalue weighted by Gasteiger charge is 2.07. The number of para-hydroxylation sites is 1. The van der Waals surface area contributed by atoms with Gasteiger partial charge < -0.3 is 10.5 Å². The van der Waals surface area contributed by atoms with Crippen molar-refractivity contribution in [1.29, 1.82) is 5.41 Å². The summed E-state index contributed by atoms with van der Waals surface area (Å²) in [6, 6.07) is 9.64. The van der Waals surface area contributed by atoms with Crippen molar-refractivity contribution >= 4 is 16.7 Å². The highest BCUT2D eigenvalue weighted by Crippen LogP contribution is 2.27. The van der Waals surface area contributed by atoms with Gasteiger partial charge in [0, 0.05) is 11.1 Å². The maximum absolute atomic E-state index is 7.28. The summed E-state index contributed by atoms with van der Waals surface area (Å²) < 4.78 is 5.73. The molecule has 0 aliphatic rings. The Kier molecular flexibility index (Phi) is 3.19. The van der Waals surface area contributed by atoms with E-state index in [1.54, 1.807) is 0 Å². The lowest BCUT2D eigenvalue weighted by Gasteiger charge is -2.08. The third-order valence-electron chi connectivity index (χ3n) is 2.94. The maximum atomic E-state index is 7.28. The first-order valence-corrected chi connectivity index (χ1v) is 6.34. The molecule has 0 spiro atoms. The fourth-order valence-corrected chi connectivity index (χ4v) is 1.92. The van der Waals surface area contributed by atoms with Crippen molar-refractivity contribution in [3.05, 3.63) is 54.1 Å². The van der Waals surface area contributed by atoms with Crippen molar-refractivity contribution in [2.24, 2.45) is 5.73 Å². The summed E-state index contributed by atoms with van der Waals surface area (Å²) >= 11 is 0. The van der Waals surface area contributed by atoms with Gasteiger partial charge >= 0.3 is 0 Å². The van der Waals surface area contributed by atoms with Gasteiger partial charge in [-0.2, -0.15) is 0 Å². The average Bonchev–Trinajstić information content (AvgIpc) is 2.48. The SMILES string of the molecule is Cc1ccc2cccc(Oc3cnc(C(=N)N)cn3)c2n1. The summed E-state index contributed by atoms with van der Waals surface area (Å²) in [6.45, 7) is 1.93. The van der Waals surface area contributed by atoms with Crippen LogP contribution in [-0.4, -0.2) is 20.8 Å². The Balaban J connectivity index is 1.97. The van der Waals surface area contributed by atoms with Gasteiger partial charge in [0.1, 0.15) is 17.0 Å². The van der Waals surface area contributed by atoms with Crippen LogP contribution in [0.3, 0.4) is 0 Å². The predicted molar refractivity (Wildman–Crippen MR) is 79.6 cm³/mol. The van der Waals surface area contributed by atoms with Crippen molar-refractivity contribution in [2.75, 3.05) is 0 Å². The van der Waals surface area contributed by atoms with Gasteiger partial charge in [-0.05, 0) is 19.1 Å². The Bertz CT molecular complexity index is 814.